The van der Waals surface area contributed by atoms with Crippen molar-refractivity contribution in [3.05, 3.63) is 0 Å². The molecule has 0 aromatic rings. The van der Waals surface area contributed by atoms with Gasteiger partial charge in [0.15, 0.2) is 0 Å². The van der Waals surface area contributed by atoms with Crippen LogP contribution in [0.15, 0.2) is 0 Å². The van der Waals surface area contributed by atoms with Crippen LogP contribution in [0.3, 0.4) is 0 Å². The topological polar surface area (TPSA) is 63.6 Å². The Balaban J connectivity index is 1.97. The van der Waals surface area contributed by atoms with Crippen molar-refractivity contribution in [3.63, 3.8) is 0 Å². The maximum Gasteiger partial charge on any atom is 0.309 e. The summed E-state index contributed by atoms with van der Waals surface area (Å²) in [5, 5.41) is 8.65. The molecule has 3 atom stereocenters. The van der Waals surface area contributed by atoms with Crippen LogP contribution in [-0.2, 0) is 14.3 Å². The third kappa shape index (κ3) is 0.777. The van der Waals surface area contributed by atoms with Crippen LogP contribution < -0.4 is 0 Å². The first-order valence-electron chi connectivity index (χ1n) is 3.92. The highest BCUT2D eigenvalue weighted by molar-refractivity contribution is 5.84. The van der Waals surface area contributed by atoms with Crippen molar-refractivity contribution in [2.24, 2.45) is 17.3 Å². The predicted octanol–water partition coefficient (Wildman–Crippen LogP) is 0.270. The molecule has 2 fully saturated rings. The first kappa shape index (κ1) is 7.58. The summed E-state index contributed by atoms with van der Waals surface area (Å²) in [6, 6.07) is 0. The number of ether oxygens (including phenoxy) is 1. The van der Waals surface area contributed by atoms with Crippen LogP contribution in [0, 0.1) is 17.3 Å². The number of carboxylic acid groups (broad SMARTS) is 1. The molecule has 2 aliphatic rings. The summed E-state index contributed by atoms with van der Waals surface area (Å²) < 4.78 is 4.55. The van der Waals surface area contributed by atoms with Crippen LogP contribution in [0.1, 0.15) is 12.8 Å². The van der Waals surface area contributed by atoms with Gasteiger partial charge in [0.25, 0.3) is 0 Å². The fraction of sp³-hybridized carbons (Fsp3) is 0.750. The van der Waals surface area contributed by atoms with Gasteiger partial charge < -0.3 is 9.84 Å². The molecule has 4 heteroatoms. The molecule has 1 spiro atoms. The molecule has 0 amide bonds. The van der Waals surface area contributed by atoms with Crippen molar-refractivity contribution in [1.29, 1.82) is 0 Å². The third-order valence-corrected chi connectivity index (χ3v) is 3.02. The molecule has 0 aromatic carbocycles. The number of methoxy groups -OCH3 is 1. The number of hydrogen-bond acceptors (Lipinski definition) is 3. The van der Waals surface area contributed by atoms with E-state index in [0.717, 1.165) is 0 Å². The van der Waals surface area contributed by atoms with Gasteiger partial charge >= 0.3 is 11.9 Å². The van der Waals surface area contributed by atoms with Gasteiger partial charge in [-0.25, -0.2) is 0 Å². The quantitative estimate of drug-likeness (QED) is 0.604. The second-order valence-corrected chi connectivity index (χ2v) is 3.61. The lowest BCUT2D eigenvalue weighted by Crippen LogP contribution is -2.07. The van der Waals surface area contributed by atoms with E-state index in [0.29, 0.717) is 12.8 Å². The SMILES string of the molecule is COC(=O)C1CC12CC2C(=O)O. The molecule has 12 heavy (non-hydrogen) atoms. The smallest absolute Gasteiger partial charge is 0.309 e. The molecule has 66 valence electrons. The van der Waals surface area contributed by atoms with E-state index in [9.17, 15) is 9.59 Å². The molecular formula is C8H10O4. The standard InChI is InChI=1S/C8H10O4/c1-12-7(11)5-3-8(5)2-4(8)6(9)10/h4-5H,2-3H2,1H3,(H,9,10). The monoisotopic (exact) mass is 170 g/mol. The maximum atomic E-state index is 11.0. The number of hydrogen-bond donors (Lipinski definition) is 1. The fourth-order valence-corrected chi connectivity index (χ4v) is 2.05. The van der Waals surface area contributed by atoms with Crippen LogP contribution in [0.4, 0.5) is 0 Å². The number of carboxylic acids is 1. The van der Waals surface area contributed by atoms with Gasteiger partial charge in [0, 0.05) is 0 Å². The molecule has 3 unspecified atom stereocenters. The summed E-state index contributed by atoms with van der Waals surface area (Å²) in [7, 11) is 1.34. The fourth-order valence-electron chi connectivity index (χ4n) is 2.05. The summed E-state index contributed by atoms with van der Waals surface area (Å²) in [6.45, 7) is 0. The van der Waals surface area contributed by atoms with E-state index >= 15 is 0 Å². The largest absolute Gasteiger partial charge is 0.481 e. The molecule has 0 radical (unpaired) electrons. The van der Waals surface area contributed by atoms with Gasteiger partial charge in [0.1, 0.15) is 0 Å². The molecule has 1 N–H and O–H groups in total. The first-order chi connectivity index (χ1) is 5.62. The summed E-state index contributed by atoms with van der Waals surface area (Å²) in [4.78, 5) is 21.5. The lowest BCUT2D eigenvalue weighted by Gasteiger charge is -1.94. The Bertz CT molecular complexity index is 260. The highest BCUT2D eigenvalue weighted by Crippen LogP contribution is 2.74. The van der Waals surface area contributed by atoms with E-state index < -0.39 is 5.97 Å². The van der Waals surface area contributed by atoms with Gasteiger partial charge in [-0.1, -0.05) is 0 Å². The van der Waals surface area contributed by atoms with E-state index in [1.54, 1.807) is 0 Å². The van der Waals surface area contributed by atoms with E-state index in [1.165, 1.54) is 7.11 Å². The van der Waals surface area contributed by atoms with Crippen LogP contribution in [0.5, 0.6) is 0 Å². The van der Waals surface area contributed by atoms with E-state index in [4.69, 9.17) is 5.11 Å². The zero-order valence-electron chi connectivity index (χ0n) is 6.74. The van der Waals surface area contributed by atoms with E-state index in [-0.39, 0.29) is 23.2 Å². The minimum absolute atomic E-state index is 0.136. The second-order valence-electron chi connectivity index (χ2n) is 3.61. The van der Waals surface area contributed by atoms with Crippen molar-refractivity contribution in [2.45, 2.75) is 12.8 Å². The zero-order chi connectivity index (χ0) is 8.93. The van der Waals surface area contributed by atoms with E-state index in [1.807, 2.05) is 0 Å². The van der Waals surface area contributed by atoms with Crippen molar-refractivity contribution in [3.8, 4) is 0 Å². The van der Waals surface area contributed by atoms with Crippen LogP contribution in [0.2, 0.25) is 0 Å². The Kier molecular flexibility index (Phi) is 1.26. The molecule has 2 saturated carbocycles. The average Bonchev–Trinajstić information content (AvgIpc) is 2.90. The molecule has 0 saturated heterocycles. The highest BCUT2D eigenvalue weighted by atomic mass is 16.5. The molecule has 0 aliphatic heterocycles. The normalized spacial score (nSPS) is 42.4. The predicted molar refractivity (Wildman–Crippen MR) is 38.3 cm³/mol. The summed E-state index contributed by atoms with van der Waals surface area (Å²) in [5.41, 5.74) is -0.196. The van der Waals surface area contributed by atoms with Gasteiger partial charge in [0.05, 0.1) is 18.9 Å². The number of carbonyl (C=O) groups is 2. The van der Waals surface area contributed by atoms with Crippen LogP contribution >= 0.6 is 0 Å². The number of aliphatic carboxylic acids is 1. The van der Waals surface area contributed by atoms with Crippen molar-refractivity contribution >= 4 is 11.9 Å². The Morgan fingerprint density at radius 3 is 2.42 bits per heavy atom. The van der Waals surface area contributed by atoms with Crippen molar-refractivity contribution in [1.82, 2.24) is 0 Å². The van der Waals surface area contributed by atoms with Crippen molar-refractivity contribution in [2.75, 3.05) is 7.11 Å². The number of rotatable bonds is 2. The Hall–Kier alpha value is -1.06. The third-order valence-electron chi connectivity index (χ3n) is 3.02. The minimum atomic E-state index is -0.776. The van der Waals surface area contributed by atoms with Crippen LogP contribution in [-0.4, -0.2) is 24.2 Å². The van der Waals surface area contributed by atoms with Gasteiger partial charge in [-0.2, -0.15) is 0 Å². The summed E-state index contributed by atoms with van der Waals surface area (Å²) in [5.74, 6) is -1.45. The summed E-state index contributed by atoms with van der Waals surface area (Å²) >= 11 is 0. The van der Waals surface area contributed by atoms with Gasteiger partial charge in [-0.3, -0.25) is 9.59 Å². The average molecular weight is 170 g/mol. The first-order valence-corrected chi connectivity index (χ1v) is 3.92. The zero-order valence-corrected chi connectivity index (χ0v) is 6.74. The molecule has 2 aliphatic carbocycles. The molecule has 0 aromatic heterocycles. The lowest BCUT2D eigenvalue weighted by atomic mass is 10.2. The second kappa shape index (κ2) is 2.00. The Morgan fingerprint density at radius 2 is 2.00 bits per heavy atom. The Morgan fingerprint density at radius 1 is 1.42 bits per heavy atom. The highest BCUT2D eigenvalue weighted by Gasteiger charge is 2.76. The Labute approximate surface area is 69.5 Å². The van der Waals surface area contributed by atoms with Crippen molar-refractivity contribution < 1.29 is 19.4 Å². The molecule has 0 heterocycles. The summed E-state index contributed by atoms with van der Waals surface area (Å²) in [6.07, 6.45) is 1.36. The number of esters is 1. The van der Waals surface area contributed by atoms with Gasteiger partial charge in [-0.05, 0) is 18.3 Å². The van der Waals surface area contributed by atoms with E-state index in [2.05, 4.69) is 4.74 Å². The molecular weight excluding hydrogens is 160 g/mol. The maximum absolute atomic E-state index is 11.0. The number of carbonyl (C=O) groups excluding carboxylic acids is 1. The van der Waals surface area contributed by atoms with Crippen LogP contribution in [0.25, 0.3) is 0 Å². The molecule has 4 nitrogen and oxygen atoms in total. The minimum Gasteiger partial charge on any atom is -0.481 e. The molecule has 0 bridgehead atoms. The molecule has 2 rings (SSSR count). The van der Waals surface area contributed by atoms with Gasteiger partial charge in [-0.15, -0.1) is 0 Å². The van der Waals surface area contributed by atoms with Gasteiger partial charge in [0.2, 0.25) is 0 Å². The lowest BCUT2D eigenvalue weighted by molar-refractivity contribution is -0.142.